The van der Waals surface area contributed by atoms with Gasteiger partial charge in [-0.3, -0.25) is 9.69 Å². The fraction of sp³-hybridized carbons (Fsp3) is 0.462. The lowest BCUT2D eigenvalue weighted by Gasteiger charge is -2.29. The Morgan fingerprint density at radius 1 is 1.44 bits per heavy atom. The Morgan fingerprint density at radius 2 is 2.11 bits per heavy atom. The van der Waals surface area contributed by atoms with Crippen molar-refractivity contribution in [2.75, 3.05) is 19.6 Å². The van der Waals surface area contributed by atoms with Crippen molar-refractivity contribution in [2.45, 2.75) is 18.9 Å². The van der Waals surface area contributed by atoms with Crippen molar-refractivity contribution in [3.8, 4) is 0 Å². The second kappa shape index (κ2) is 5.91. The summed E-state index contributed by atoms with van der Waals surface area (Å²) in [5.74, 6) is -0.638. The molecule has 0 aliphatic carbocycles. The van der Waals surface area contributed by atoms with Gasteiger partial charge in [-0.2, -0.15) is 0 Å². The lowest BCUT2D eigenvalue weighted by Crippen LogP contribution is -2.42. The van der Waals surface area contributed by atoms with Crippen LogP contribution in [-0.4, -0.2) is 36.4 Å². The Hall–Kier alpha value is -0.780. The molecule has 1 saturated heterocycles. The minimum absolute atomic E-state index is 0.152. The fourth-order valence-electron chi connectivity index (χ4n) is 2.11. The van der Waals surface area contributed by atoms with E-state index in [2.05, 4.69) is 15.9 Å². The summed E-state index contributed by atoms with van der Waals surface area (Å²) in [6.45, 7) is 1.88. The van der Waals surface area contributed by atoms with Gasteiger partial charge in [0.1, 0.15) is 5.82 Å². The molecule has 1 fully saturated rings. The van der Waals surface area contributed by atoms with E-state index in [1.165, 1.54) is 12.1 Å². The predicted molar refractivity (Wildman–Crippen MR) is 72.1 cm³/mol. The van der Waals surface area contributed by atoms with Crippen LogP contribution in [0.4, 0.5) is 4.39 Å². The molecule has 0 radical (unpaired) electrons. The maximum atomic E-state index is 13.6. The zero-order valence-electron chi connectivity index (χ0n) is 10.0. The first-order chi connectivity index (χ1) is 8.56. The molecule has 1 aromatic rings. The normalized spacial score (nSPS) is 17.9. The van der Waals surface area contributed by atoms with Crippen LogP contribution < -0.4 is 5.73 Å². The van der Waals surface area contributed by atoms with Crippen molar-refractivity contribution in [1.82, 2.24) is 4.90 Å². The third-order valence-electron chi connectivity index (χ3n) is 3.23. The second-order valence-electron chi connectivity index (χ2n) is 4.66. The number of carbonyl (C=O) groups is 1. The highest BCUT2D eigenvalue weighted by molar-refractivity contribution is 9.10. The molecule has 1 aliphatic heterocycles. The minimum atomic E-state index is -0.461. The lowest BCUT2D eigenvalue weighted by molar-refractivity contribution is 0.0906. The molecule has 0 atom stereocenters. The van der Waals surface area contributed by atoms with E-state index in [1.807, 2.05) is 4.90 Å². The van der Waals surface area contributed by atoms with Crippen LogP contribution in [0.25, 0.3) is 0 Å². The number of nitrogens with two attached hydrogens (primary N) is 1. The number of ketones is 1. The molecule has 0 unspecified atom stereocenters. The van der Waals surface area contributed by atoms with Crippen LogP contribution in [0.15, 0.2) is 22.7 Å². The van der Waals surface area contributed by atoms with Crippen molar-refractivity contribution in [2.24, 2.45) is 5.73 Å². The van der Waals surface area contributed by atoms with Crippen molar-refractivity contribution < 1.29 is 9.18 Å². The average molecular weight is 315 g/mol. The van der Waals surface area contributed by atoms with Crippen molar-refractivity contribution in [3.63, 3.8) is 0 Å². The largest absolute Gasteiger partial charge is 0.328 e. The van der Waals surface area contributed by atoms with Gasteiger partial charge in [-0.15, -0.1) is 0 Å². The van der Waals surface area contributed by atoms with Gasteiger partial charge < -0.3 is 5.73 Å². The van der Waals surface area contributed by atoms with Crippen LogP contribution in [-0.2, 0) is 0 Å². The SMILES string of the molecule is NC1CCN(CC(=O)c2cc(Br)ccc2F)CC1. The molecule has 2 N–H and O–H groups in total. The summed E-state index contributed by atoms with van der Waals surface area (Å²) in [7, 11) is 0. The van der Waals surface area contributed by atoms with Gasteiger partial charge in [-0.05, 0) is 31.0 Å². The molecular weight excluding hydrogens is 299 g/mol. The van der Waals surface area contributed by atoms with E-state index < -0.39 is 5.82 Å². The summed E-state index contributed by atoms with van der Waals surface area (Å²) in [4.78, 5) is 14.1. The number of hydrogen-bond acceptors (Lipinski definition) is 3. The summed E-state index contributed by atoms with van der Waals surface area (Å²) in [5.41, 5.74) is 5.96. The number of benzene rings is 1. The minimum Gasteiger partial charge on any atom is -0.328 e. The topological polar surface area (TPSA) is 46.3 Å². The van der Waals surface area contributed by atoms with E-state index in [0.29, 0.717) is 4.47 Å². The van der Waals surface area contributed by atoms with Crippen LogP contribution in [0.3, 0.4) is 0 Å². The number of likely N-dealkylation sites (tertiary alicyclic amines) is 1. The number of nitrogens with zero attached hydrogens (tertiary/aromatic N) is 1. The van der Waals surface area contributed by atoms with Gasteiger partial charge in [-0.1, -0.05) is 15.9 Å². The Bertz CT molecular complexity index is 445. The van der Waals surface area contributed by atoms with Gasteiger partial charge in [-0.25, -0.2) is 4.39 Å². The van der Waals surface area contributed by atoms with E-state index in [9.17, 15) is 9.18 Å². The predicted octanol–water partition coefficient (Wildman–Crippen LogP) is 2.19. The van der Waals surface area contributed by atoms with Crippen molar-refractivity contribution >= 4 is 21.7 Å². The summed E-state index contributed by atoms with van der Waals surface area (Å²) in [5, 5.41) is 0. The zero-order valence-corrected chi connectivity index (χ0v) is 11.6. The highest BCUT2D eigenvalue weighted by Gasteiger charge is 2.20. The van der Waals surface area contributed by atoms with Crippen LogP contribution in [0, 0.1) is 5.82 Å². The number of Topliss-reactive ketones (excluding diaryl/α,β-unsaturated/α-hetero) is 1. The molecule has 0 spiro atoms. The first kappa shape index (κ1) is 13.6. The first-order valence-electron chi connectivity index (χ1n) is 6.02. The number of rotatable bonds is 3. The van der Waals surface area contributed by atoms with Crippen LogP contribution in [0.2, 0.25) is 0 Å². The molecule has 2 rings (SSSR count). The molecule has 3 nitrogen and oxygen atoms in total. The van der Waals surface area contributed by atoms with Crippen LogP contribution >= 0.6 is 15.9 Å². The van der Waals surface area contributed by atoms with E-state index in [1.54, 1.807) is 6.07 Å². The third kappa shape index (κ3) is 3.37. The summed E-state index contributed by atoms with van der Waals surface area (Å²) >= 11 is 3.25. The summed E-state index contributed by atoms with van der Waals surface area (Å²) in [6, 6.07) is 4.67. The number of piperidine rings is 1. The second-order valence-corrected chi connectivity index (χ2v) is 5.58. The van der Waals surface area contributed by atoms with Gasteiger partial charge >= 0.3 is 0 Å². The average Bonchev–Trinajstić information content (AvgIpc) is 2.35. The van der Waals surface area contributed by atoms with Gasteiger partial charge in [0.05, 0.1) is 12.1 Å². The molecule has 18 heavy (non-hydrogen) atoms. The van der Waals surface area contributed by atoms with Gasteiger partial charge in [0.25, 0.3) is 0 Å². The molecule has 1 aromatic carbocycles. The molecule has 1 heterocycles. The number of halogens is 2. The molecule has 0 saturated carbocycles. The summed E-state index contributed by atoms with van der Waals surface area (Å²) in [6.07, 6.45) is 1.79. The van der Waals surface area contributed by atoms with E-state index >= 15 is 0 Å². The van der Waals surface area contributed by atoms with E-state index in [4.69, 9.17) is 5.73 Å². The molecule has 0 bridgehead atoms. The highest BCUT2D eigenvalue weighted by Crippen LogP contribution is 2.17. The third-order valence-corrected chi connectivity index (χ3v) is 3.72. The highest BCUT2D eigenvalue weighted by atomic mass is 79.9. The van der Waals surface area contributed by atoms with E-state index in [0.717, 1.165) is 25.9 Å². The summed E-state index contributed by atoms with van der Waals surface area (Å²) < 4.78 is 14.3. The van der Waals surface area contributed by atoms with Gasteiger partial charge in [0, 0.05) is 23.6 Å². The Kier molecular flexibility index (Phi) is 4.48. The smallest absolute Gasteiger partial charge is 0.179 e. The molecule has 98 valence electrons. The quantitative estimate of drug-likeness (QED) is 0.870. The molecule has 1 aliphatic rings. The number of hydrogen-bond donors (Lipinski definition) is 1. The molecule has 0 aromatic heterocycles. The van der Waals surface area contributed by atoms with Crippen molar-refractivity contribution in [1.29, 1.82) is 0 Å². The maximum absolute atomic E-state index is 13.6. The first-order valence-corrected chi connectivity index (χ1v) is 6.82. The van der Waals surface area contributed by atoms with Gasteiger partial charge in [0.2, 0.25) is 0 Å². The van der Waals surface area contributed by atoms with E-state index in [-0.39, 0.29) is 23.9 Å². The fourth-order valence-corrected chi connectivity index (χ4v) is 2.47. The lowest BCUT2D eigenvalue weighted by atomic mass is 10.0. The molecular formula is C13H16BrFN2O. The standard InChI is InChI=1S/C13H16BrFN2O/c14-9-1-2-12(15)11(7-9)13(18)8-17-5-3-10(16)4-6-17/h1-2,7,10H,3-6,8,16H2. The Morgan fingerprint density at radius 3 is 2.78 bits per heavy atom. The Labute approximate surface area is 114 Å². The maximum Gasteiger partial charge on any atom is 0.179 e. The van der Waals surface area contributed by atoms with Crippen LogP contribution in [0.5, 0.6) is 0 Å². The molecule has 0 amide bonds. The van der Waals surface area contributed by atoms with Gasteiger partial charge in [0.15, 0.2) is 5.78 Å². The molecule has 5 heteroatoms. The van der Waals surface area contributed by atoms with Crippen LogP contribution in [0.1, 0.15) is 23.2 Å². The monoisotopic (exact) mass is 314 g/mol. The zero-order chi connectivity index (χ0) is 13.1. The Balaban J connectivity index is 2.01. The van der Waals surface area contributed by atoms with Crippen molar-refractivity contribution in [3.05, 3.63) is 34.1 Å². The number of carbonyl (C=O) groups excluding carboxylic acids is 1.